The fourth-order valence-electron chi connectivity index (χ4n) is 0.240. The van der Waals surface area contributed by atoms with Crippen LogP contribution in [-0.2, 0) is 0 Å². The molecule has 0 bridgehead atoms. The predicted molar refractivity (Wildman–Crippen MR) is 32.9 cm³/mol. The van der Waals surface area contributed by atoms with E-state index in [1.54, 1.807) is 24.0 Å². The molecule has 0 aromatic carbocycles. The first-order chi connectivity index (χ1) is 4.91. The molecule has 0 aliphatic heterocycles. The van der Waals surface area contributed by atoms with Gasteiger partial charge in [-0.05, 0) is 0 Å². The lowest BCUT2D eigenvalue weighted by Gasteiger charge is -1.56. The lowest BCUT2D eigenvalue weighted by molar-refractivity contribution is 1.20. The van der Waals surface area contributed by atoms with E-state index in [-0.39, 0.29) is 0 Å². The van der Waals surface area contributed by atoms with Gasteiger partial charge in [0.2, 0.25) is 0 Å². The average Bonchev–Trinajstić information content (AvgIpc) is 2.44. The summed E-state index contributed by atoms with van der Waals surface area (Å²) in [6, 6.07) is 0. The maximum atomic E-state index is 7.48. The van der Waals surface area contributed by atoms with Gasteiger partial charge in [0.1, 0.15) is 0 Å². The molecule has 0 fully saturated rings. The van der Waals surface area contributed by atoms with Crippen LogP contribution in [0.2, 0.25) is 0 Å². The topological polar surface area (TPSA) is 88.3 Å². The Morgan fingerprint density at radius 1 is 1.40 bits per heavy atom. The minimum atomic E-state index is 1.41. The third kappa shape index (κ3) is 5.99. The molecule has 0 radical (unpaired) electrons. The highest BCUT2D eigenvalue weighted by atomic mass is 14.8. The van der Waals surface area contributed by atoms with Crippen LogP contribution in [0.1, 0.15) is 0 Å². The molecule has 10 heavy (non-hydrogen) atoms. The number of nitrogens with one attached hydrogen (secondary N) is 2. The van der Waals surface area contributed by atoms with Gasteiger partial charge in [-0.15, -0.1) is 0 Å². The number of imidazole rings is 1. The SMILES string of the molecule is N#CNC#N.c1c[nH]cn1. The van der Waals surface area contributed by atoms with Crippen molar-refractivity contribution in [1.82, 2.24) is 15.3 Å². The van der Waals surface area contributed by atoms with Crippen LogP contribution in [0.15, 0.2) is 18.7 Å². The van der Waals surface area contributed by atoms with Gasteiger partial charge in [0.15, 0.2) is 12.4 Å². The summed E-state index contributed by atoms with van der Waals surface area (Å²) < 4.78 is 0. The van der Waals surface area contributed by atoms with Crippen molar-refractivity contribution in [1.29, 1.82) is 10.5 Å². The number of aromatic nitrogens is 2. The Labute approximate surface area is 57.9 Å². The van der Waals surface area contributed by atoms with Crippen molar-refractivity contribution in [3.63, 3.8) is 0 Å². The van der Waals surface area contributed by atoms with Crippen LogP contribution in [0.5, 0.6) is 0 Å². The van der Waals surface area contributed by atoms with Gasteiger partial charge in [-0.3, -0.25) is 0 Å². The number of aromatic amines is 1. The largest absolute Gasteiger partial charge is 0.351 e. The second-order valence-corrected chi connectivity index (χ2v) is 1.11. The molecule has 5 nitrogen and oxygen atoms in total. The number of hydrogen-bond acceptors (Lipinski definition) is 4. The first kappa shape index (κ1) is 7.99. The minimum Gasteiger partial charge on any atom is -0.351 e. The molecule has 0 aliphatic carbocycles. The zero-order valence-corrected chi connectivity index (χ0v) is 5.07. The Morgan fingerprint density at radius 3 is 2.20 bits per heavy atom. The number of nitriles is 2. The highest BCUT2D eigenvalue weighted by Gasteiger charge is 1.56. The van der Waals surface area contributed by atoms with Crippen molar-refractivity contribution in [2.75, 3.05) is 0 Å². The predicted octanol–water partition coefficient (Wildman–Crippen LogP) is -0.0521. The summed E-state index contributed by atoms with van der Waals surface area (Å²) in [5.41, 5.74) is 0. The summed E-state index contributed by atoms with van der Waals surface area (Å²) in [4.78, 5) is 6.42. The Hall–Kier alpha value is -2.01. The van der Waals surface area contributed by atoms with E-state index in [1.807, 2.05) is 0 Å². The van der Waals surface area contributed by atoms with E-state index in [1.165, 1.54) is 12.4 Å². The van der Waals surface area contributed by atoms with Gasteiger partial charge in [0.25, 0.3) is 0 Å². The van der Waals surface area contributed by atoms with Gasteiger partial charge in [-0.1, -0.05) is 0 Å². The van der Waals surface area contributed by atoms with Crippen molar-refractivity contribution >= 4 is 0 Å². The van der Waals surface area contributed by atoms with Crippen LogP contribution in [0.3, 0.4) is 0 Å². The number of H-pyrrole nitrogens is 1. The first-order valence-corrected chi connectivity index (χ1v) is 2.37. The van der Waals surface area contributed by atoms with Gasteiger partial charge in [0, 0.05) is 12.4 Å². The standard InChI is InChI=1S/C3H4N2.C2HN3/c1-2-5-3-4-1;3-1-5-2-4/h1-3H,(H,4,5);5H. The third-order valence-corrected chi connectivity index (χ3v) is 0.518. The molecule has 0 aliphatic rings. The summed E-state index contributed by atoms with van der Waals surface area (Å²) >= 11 is 0. The molecular weight excluding hydrogens is 130 g/mol. The summed E-state index contributed by atoms with van der Waals surface area (Å²) in [7, 11) is 0. The van der Waals surface area contributed by atoms with Crippen LogP contribution in [0.4, 0.5) is 0 Å². The minimum absolute atomic E-state index is 1.41. The maximum absolute atomic E-state index is 7.48. The summed E-state index contributed by atoms with van der Waals surface area (Å²) in [6.45, 7) is 0. The lowest BCUT2D eigenvalue weighted by atomic mass is 11.0. The molecule has 2 N–H and O–H groups in total. The molecular formula is C5H5N5. The molecule has 0 saturated heterocycles. The molecule has 0 atom stereocenters. The monoisotopic (exact) mass is 135 g/mol. The van der Waals surface area contributed by atoms with Crippen LogP contribution >= 0.6 is 0 Å². The van der Waals surface area contributed by atoms with Crippen LogP contribution in [-0.4, -0.2) is 9.97 Å². The van der Waals surface area contributed by atoms with Gasteiger partial charge in [-0.25, -0.2) is 10.3 Å². The van der Waals surface area contributed by atoms with Crippen molar-refractivity contribution < 1.29 is 0 Å². The van der Waals surface area contributed by atoms with E-state index in [9.17, 15) is 0 Å². The van der Waals surface area contributed by atoms with Gasteiger partial charge in [-0.2, -0.15) is 10.5 Å². The van der Waals surface area contributed by atoms with Crippen LogP contribution in [0, 0.1) is 22.9 Å². The molecule has 0 saturated carbocycles. The highest BCUT2D eigenvalue weighted by molar-refractivity contribution is 4.77. The normalized spacial score (nSPS) is 5.80. The zero-order chi connectivity index (χ0) is 7.66. The molecule has 0 unspecified atom stereocenters. The number of nitrogens with zero attached hydrogens (tertiary/aromatic N) is 3. The van der Waals surface area contributed by atoms with E-state index >= 15 is 0 Å². The number of rotatable bonds is 0. The van der Waals surface area contributed by atoms with Gasteiger partial charge >= 0.3 is 0 Å². The Kier molecular flexibility index (Phi) is 5.59. The quantitative estimate of drug-likeness (QED) is 0.385. The zero-order valence-electron chi connectivity index (χ0n) is 5.07. The van der Waals surface area contributed by atoms with Gasteiger partial charge < -0.3 is 4.98 Å². The Bertz CT molecular complexity index is 184. The van der Waals surface area contributed by atoms with Crippen molar-refractivity contribution in [3.8, 4) is 12.4 Å². The summed E-state index contributed by atoms with van der Waals surface area (Å²) in [5, 5.41) is 16.7. The summed E-state index contributed by atoms with van der Waals surface area (Å²) in [5.74, 6) is 0. The molecule has 50 valence electrons. The molecule has 0 spiro atoms. The second kappa shape index (κ2) is 6.99. The van der Waals surface area contributed by atoms with E-state index < -0.39 is 0 Å². The Balaban J connectivity index is 0.000000162. The van der Waals surface area contributed by atoms with Crippen LogP contribution in [0.25, 0.3) is 0 Å². The van der Waals surface area contributed by atoms with Crippen molar-refractivity contribution in [2.24, 2.45) is 0 Å². The first-order valence-electron chi connectivity index (χ1n) is 2.37. The van der Waals surface area contributed by atoms with Crippen molar-refractivity contribution in [2.45, 2.75) is 0 Å². The average molecular weight is 135 g/mol. The smallest absolute Gasteiger partial charge is 0.190 e. The summed E-state index contributed by atoms with van der Waals surface area (Å²) in [6.07, 6.45) is 7.90. The molecule has 1 rings (SSSR count). The molecule has 1 heterocycles. The van der Waals surface area contributed by atoms with E-state index in [2.05, 4.69) is 9.97 Å². The fraction of sp³-hybridized carbons (Fsp3) is 0. The molecule has 1 aromatic rings. The maximum Gasteiger partial charge on any atom is 0.190 e. The van der Waals surface area contributed by atoms with E-state index in [0.717, 1.165) is 0 Å². The van der Waals surface area contributed by atoms with E-state index in [4.69, 9.17) is 10.5 Å². The molecule has 1 aromatic heterocycles. The molecule has 0 amide bonds. The van der Waals surface area contributed by atoms with Crippen molar-refractivity contribution in [3.05, 3.63) is 18.7 Å². The highest BCUT2D eigenvalue weighted by Crippen LogP contribution is 1.62. The van der Waals surface area contributed by atoms with Crippen LogP contribution < -0.4 is 5.32 Å². The van der Waals surface area contributed by atoms with Gasteiger partial charge in [0.05, 0.1) is 6.33 Å². The second-order valence-electron chi connectivity index (χ2n) is 1.11. The lowest BCUT2D eigenvalue weighted by Crippen LogP contribution is -1.88. The fourth-order valence-corrected chi connectivity index (χ4v) is 0.240. The van der Waals surface area contributed by atoms with E-state index in [0.29, 0.717) is 0 Å². The number of hydrogen-bond donors (Lipinski definition) is 2. The Morgan fingerprint density at radius 2 is 2.10 bits per heavy atom. The molecule has 5 heteroatoms. The third-order valence-electron chi connectivity index (χ3n) is 0.518.